The number of hydrogen-bond acceptors (Lipinski definition) is 2. The van der Waals surface area contributed by atoms with Gasteiger partial charge in [0.15, 0.2) is 0 Å². The third-order valence-corrected chi connectivity index (χ3v) is 5.42. The summed E-state index contributed by atoms with van der Waals surface area (Å²) in [5, 5.41) is 1.33. The van der Waals surface area contributed by atoms with Crippen molar-refractivity contribution in [3.8, 4) is 11.1 Å². The second-order valence-electron chi connectivity index (χ2n) is 7.10. The van der Waals surface area contributed by atoms with Gasteiger partial charge in [0.1, 0.15) is 0 Å². The van der Waals surface area contributed by atoms with Gasteiger partial charge in [-0.05, 0) is 25.1 Å². The standard InChI is InChI=1S/C22H27N3/c1-3-24-12-14-25(15-13-24)16-21-22(18-10-8-17(2)9-11-18)19-6-4-5-7-20(19)23-21/h4-11,23H,3,12-16H2,1-2H3. The van der Waals surface area contributed by atoms with Crippen LogP contribution in [0.2, 0.25) is 0 Å². The van der Waals surface area contributed by atoms with Crippen molar-refractivity contribution in [2.45, 2.75) is 20.4 Å². The molecule has 0 bridgehead atoms. The molecule has 1 aliphatic rings. The molecule has 3 heteroatoms. The number of H-pyrrole nitrogens is 1. The number of aryl methyl sites for hydroxylation is 1. The van der Waals surface area contributed by atoms with Crippen LogP contribution in [-0.4, -0.2) is 47.5 Å². The first-order valence-electron chi connectivity index (χ1n) is 9.36. The number of rotatable bonds is 4. The number of likely N-dealkylation sites (N-methyl/N-ethyl adjacent to an activating group) is 1. The van der Waals surface area contributed by atoms with Crippen molar-refractivity contribution in [2.24, 2.45) is 0 Å². The van der Waals surface area contributed by atoms with Crippen LogP contribution in [0.3, 0.4) is 0 Å². The van der Waals surface area contributed by atoms with Gasteiger partial charge in [0.2, 0.25) is 0 Å². The van der Waals surface area contributed by atoms with Gasteiger partial charge in [-0.15, -0.1) is 0 Å². The molecular formula is C22H27N3. The fourth-order valence-electron chi connectivity index (χ4n) is 3.85. The van der Waals surface area contributed by atoms with E-state index in [0.717, 1.165) is 26.2 Å². The normalized spacial score (nSPS) is 16.6. The minimum Gasteiger partial charge on any atom is -0.357 e. The highest BCUT2D eigenvalue weighted by atomic mass is 15.3. The van der Waals surface area contributed by atoms with Crippen molar-refractivity contribution in [3.05, 3.63) is 59.8 Å². The molecule has 0 spiro atoms. The Morgan fingerprint density at radius 1 is 0.880 bits per heavy atom. The van der Waals surface area contributed by atoms with Crippen LogP contribution in [0.5, 0.6) is 0 Å². The van der Waals surface area contributed by atoms with Crippen molar-refractivity contribution in [2.75, 3.05) is 32.7 Å². The average Bonchev–Trinajstić information content (AvgIpc) is 3.01. The van der Waals surface area contributed by atoms with Crippen molar-refractivity contribution >= 4 is 10.9 Å². The van der Waals surface area contributed by atoms with Crippen LogP contribution in [0.4, 0.5) is 0 Å². The maximum Gasteiger partial charge on any atom is 0.0462 e. The lowest BCUT2D eigenvalue weighted by atomic mass is 10.0. The molecule has 25 heavy (non-hydrogen) atoms. The molecule has 0 radical (unpaired) electrons. The fourth-order valence-corrected chi connectivity index (χ4v) is 3.85. The lowest BCUT2D eigenvalue weighted by Crippen LogP contribution is -2.45. The second kappa shape index (κ2) is 7.03. The van der Waals surface area contributed by atoms with Gasteiger partial charge in [0.05, 0.1) is 0 Å². The van der Waals surface area contributed by atoms with Gasteiger partial charge < -0.3 is 9.88 Å². The van der Waals surface area contributed by atoms with E-state index in [9.17, 15) is 0 Å². The van der Waals surface area contributed by atoms with Crippen LogP contribution >= 0.6 is 0 Å². The number of nitrogens with zero attached hydrogens (tertiary/aromatic N) is 2. The highest BCUT2D eigenvalue weighted by Gasteiger charge is 2.19. The number of hydrogen-bond donors (Lipinski definition) is 1. The Morgan fingerprint density at radius 3 is 2.28 bits per heavy atom. The number of fused-ring (bicyclic) bond motifs is 1. The Morgan fingerprint density at radius 2 is 1.56 bits per heavy atom. The zero-order chi connectivity index (χ0) is 17.2. The molecular weight excluding hydrogens is 306 g/mol. The summed E-state index contributed by atoms with van der Waals surface area (Å²) >= 11 is 0. The van der Waals surface area contributed by atoms with Gasteiger partial charge in [-0.3, -0.25) is 4.90 Å². The van der Waals surface area contributed by atoms with E-state index in [1.54, 1.807) is 0 Å². The van der Waals surface area contributed by atoms with Crippen molar-refractivity contribution < 1.29 is 0 Å². The summed E-state index contributed by atoms with van der Waals surface area (Å²) < 4.78 is 0. The Kier molecular flexibility index (Phi) is 4.60. The van der Waals surface area contributed by atoms with E-state index in [2.05, 4.69) is 77.2 Å². The third-order valence-electron chi connectivity index (χ3n) is 5.42. The molecule has 3 nitrogen and oxygen atoms in total. The van der Waals surface area contributed by atoms with Gasteiger partial charge in [-0.25, -0.2) is 0 Å². The molecule has 0 unspecified atom stereocenters. The van der Waals surface area contributed by atoms with E-state index in [-0.39, 0.29) is 0 Å². The van der Waals surface area contributed by atoms with E-state index in [0.29, 0.717) is 0 Å². The summed E-state index contributed by atoms with van der Waals surface area (Å²) in [5.74, 6) is 0. The molecule has 0 atom stereocenters. The van der Waals surface area contributed by atoms with E-state index in [1.807, 2.05) is 0 Å². The summed E-state index contributed by atoms with van der Waals surface area (Å²) in [5.41, 5.74) is 6.56. The minimum absolute atomic E-state index is 0.995. The third kappa shape index (κ3) is 3.35. The number of aromatic amines is 1. The summed E-state index contributed by atoms with van der Waals surface area (Å²) in [4.78, 5) is 8.80. The molecule has 1 saturated heterocycles. The number of piperazine rings is 1. The maximum atomic E-state index is 3.69. The summed E-state index contributed by atoms with van der Waals surface area (Å²) in [7, 11) is 0. The predicted molar refractivity (Wildman–Crippen MR) is 106 cm³/mol. The SMILES string of the molecule is CCN1CCN(Cc2[nH]c3ccccc3c2-c2ccc(C)cc2)CC1. The molecule has 0 aliphatic carbocycles. The van der Waals surface area contributed by atoms with Crippen LogP contribution in [0.1, 0.15) is 18.2 Å². The van der Waals surface area contributed by atoms with Gasteiger partial charge in [0, 0.05) is 54.9 Å². The Labute approximate surface area is 150 Å². The quantitative estimate of drug-likeness (QED) is 0.770. The summed E-state index contributed by atoms with van der Waals surface area (Å²) in [6.07, 6.45) is 0. The van der Waals surface area contributed by atoms with Crippen LogP contribution in [0, 0.1) is 6.92 Å². The summed E-state index contributed by atoms with van der Waals surface area (Å²) in [6, 6.07) is 17.6. The lowest BCUT2D eigenvalue weighted by molar-refractivity contribution is 0.131. The van der Waals surface area contributed by atoms with Crippen molar-refractivity contribution in [1.29, 1.82) is 0 Å². The van der Waals surface area contributed by atoms with E-state index < -0.39 is 0 Å². The maximum absolute atomic E-state index is 3.69. The Hall–Kier alpha value is -2.10. The first-order chi connectivity index (χ1) is 12.2. The molecule has 1 aliphatic heterocycles. The van der Waals surface area contributed by atoms with Gasteiger partial charge in [-0.1, -0.05) is 55.0 Å². The largest absolute Gasteiger partial charge is 0.357 e. The van der Waals surface area contributed by atoms with Gasteiger partial charge in [0.25, 0.3) is 0 Å². The molecule has 0 amide bonds. The van der Waals surface area contributed by atoms with E-state index in [1.165, 1.54) is 46.4 Å². The average molecular weight is 333 g/mol. The van der Waals surface area contributed by atoms with Crippen molar-refractivity contribution in [1.82, 2.24) is 14.8 Å². The highest BCUT2D eigenvalue weighted by Crippen LogP contribution is 2.33. The summed E-state index contributed by atoms with van der Waals surface area (Å²) in [6.45, 7) is 11.2. The molecule has 3 aromatic rings. The molecule has 0 saturated carbocycles. The number of nitrogens with one attached hydrogen (secondary N) is 1. The zero-order valence-corrected chi connectivity index (χ0v) is 15.3. The van der Waals surface area contributed by atoms with Gasteiger partial charge in [-0.2, -0.15) is 0 Å². The second-order valence-corrected chi connectivity index (χ2v) is 7.10. The van der Waals surface area contributed by atoms with Crippen LogP contribution in [0.25, 0.3) is 22.0 Å². The zero-order valence-electron chi connectivity index (χ0n) is 15.3. The molecule has 2 heterocycles. The fraction of sp³-hybridized carbons (Fsp3) is 0.364. The van der Waals surface area contributed by atoms with Crippen LogP contribution in [0.15, 0.2) is 48.5 Å². The van der Waals surface area contributed by atoms with E-state index in [4.69, 9.17) is 0 Å². The minimum atomic E-state index is 0.995. The Balaban J connectivity index is 1.68. The molecule has 4 rings (SSSR count). The number of para-hydroxylation sites is 1. The lowest BCUT2D eigenvalue weighted by Gasteiger charge is -2.34. The molecule has 1 N–H and O–H groups in total. The van der Waals surface area contributed by atoms with Crippen LogP contribution in [-0.2, 0) is 6.54 Å². The van der Waals surface area contributed by atoms with E-state index >= 15 is 0 Å². The topological polar surface area (TPSA) is 22.3 Å². The van der Waals surface area contributed by atoms with Gasteiger partial charge >= 0.3 is 0 Å². The molecule has 1 aromatic heterocycles. The highest BCUT2D eigenvalue weighted by molar-refractivity contribution is 5.97. The smallest absolute Gasteiger partial charge is 0.0462 e. The molecule has 130 valence electrons. The number of aromatic nitrogens is 1. The predicted octanol–water partition coefficient (Wildman–Crippen LogP) is 4.28. The Bertz CT molecular complexity index is 839. The monoisotopic (exact) mass is 333 g/mol. The molecule has 1 fully saturated rings. The molecule has 2 aromatic carbocycles. The van der Waals surface area contributed by atoms with Crippen molar-refractivity contribution in [3.63, 3.8) is 0 Å². The first-order valence-corrected chi connectivity index (χ1v) is 9.36. The number of benzene rings is 2. The first kappa shape index (κ1) is 16.4. The van der Waals surface area contributed by atoms with Crippen LogP contribution < -0.4 is 0 Å².